The molecule has 7 aliphatic heterocycles. The first-order valence-electron chi connectivity index (χ1n) is 42.3. The van der Waals surface area contributed by atoms with Gasteiger partial charge in [-0.15, -0.1) is 0 Å². The number of halogens is 2. The lowest BCUT2D eigenvalue weighted by atomic mass is 9.84. The maximum Gasteiger partial charge on any atom is 0.330 e. The van der Waals surface area contributed by atoms with Gasteiger partial charge >= 0.3 is 11.9 Å². The Morgan fingerprint density at radius 1 is 0.693 bits per heavy atom. The number of hydrogen-bond acceptors (Lipinski definition) is 28. The Morgan fingerprint density at radius 2 is 1.34 bits per heavy atom. The molecule has 18 N–H and O–H groups in total. The normalized spacial score (nSPS) is 26.0. The third-order valence-electron chi connectivity index (χ3n) is 23.1. The van der Waals surface area contributed by atoms with Crippen molar-refractivity contribution in [1.82, 2.24) is 26.0 Å². The van der Waals surface area contributed by atoms with Gasteiger partial charge in [-0.05, 0) is 153 Å². The number of aromatic hydroxyl groups is 2. The van der Waals surface area contributed by atoms with Gasteiger partial charge in [0.25, 0.3) is 0 Å². The number of esters is 1. The van der Waals surface area contributed by atoms with Crippen molar-refractivity contribution in [3.63, 3.8) is 0 Å². The van der Waals surface area contributed by atoms with Crippen LogP contribution in [0, 0.1) is 17.8 Å². The minimum atomic E-state index is -3.84. The van der Waals surface area contributed by atoms with Gasteiger partial charge in [-0.3, -0.25) is 38.4 Å². The number of carboxylic acid groups (broad SMARTS) is 1. The van der Waals surface area contributed by atoms with Crippen LogP contribution in [0.5, 0.6) is 51.7 Å². The monoisotopic (exact) mass is 1830 g/mol. The number of primary amides is 1. The quantitative estimate of drug-likeness (QED) is 0.0115. The van der Waals surface area contributed by atoms with Crippen molar-refractivity contribution in [1.29, 1.82) is 0 Å². The summed E-state index contributed by atoms with van der Waals surface area (Å²) in [5.74, 6) is -19.6. The van der Waals surface area contributed by atoms with E-state index >= 15 is 24.0 Å². The van der Waals surface area contributed by atoms with E-state index in [0.29, 0.717) is 44.5 Å². The number of fused-ring (bicyclic) bond motifs is 15. The Hall–Kier alpha value is -10.2. The third-order valence-corrected chi connectivity index (χ3v) is 25.2. The molecule has 127 heavy (non-hydrogen) atoms. The first-order valence-corrected chi connectivity index (χ1v) is 44.5. The zero-order valence-electron chi connectivity index (χ0n) is 70.7. The van der Waals surface area contributed by atoms with Gasteiger partial charge in [-0.25, -0.2) is 17.9 Å². The van der Waals surface area contributed by atoms with Crippen LogP contribution in [-0.2, 0) is 67.4 Å². The zero-order chi connectivity index (χ0) is 92.2. The summed E-state index contributed by atoms with van der Waals surface area (Å²) in [6.07, 6.45) is -14.1. The Morgan fingerprint density at radius 3 is 1.96 bits per heavy atom. The molecule has 18 atom stereocenters. The van der Waals surface area contributed by atoms with E-state index in [0.717, 1.165) is 86.3 Å². The highest BCUT2D eigenvalue weighted by Crippen LogP contribution is 2.51. The summed E-state index contributed by atoms with van der Waals surface area (Å²) < 4.78 is 79.0. The number of aliphatic carboxylic acids is 1. The summed E-state index contributed by atoms with van der Waals surface area (Å²) >= 11 is 14.3. The molecule has 2 fully saturated rings. The van der Waals surface area contributed by atoms with Crippen LogP contribution in [0.2, 0.25) is 10.0 Å². The Balaban J connectivity index is 1.00. The number of ether oxygens (including phenoxy) is 8. The lowest BCUT2D eigenvalue weighted by Gasteiger charge is -2.47. The van der Waals surface area contributed by atoms with Crippen LogP contribution in [0.25, 0.3) is 11.1 Å². The number of phenolic OH excluding ortho intramolecular Hbond substituents is 2. The molecular formula is C89H109Cl2N7O28S. The van der Waals surface area contributed by atoms with Gasteiger partial charge in [0.2, 0.25) is 51.6 Å². The number of nitrogens with two attached hydrogens (primary N) is 2. The smallest absolute Gasteiger partial charge is 0.330 e. The van der Waals surface area contributed by atoms with E-state index in [1.807, 2.05) is 13.8 Å². The number of aliphatic hydroxyl groups is 6. The van der Waals surface area contributed by atoms with E-state index in [9.17, 15) is 73.6 Å². The molecule has 11 bridgehead atoms. The number of hydrogen-bond donors (Lipinski definition) is 16. The van der Waals surface area contributed by atoms with Gasteiger partial charge in [0.15, 0.2) is 41.5 Å². The van der Waals surface area contributed by atoms with Crippen molar-refractivity contribution >= 4 is 86.3 Å². The molecule has 6 aromatic rings. The van der Waals surface area contributed by atoms with Gasteiger partial charge in [0.1, 0.15) is 83.1 Å². The van der Waals surface area contributed by atoms with Crippen molar-refractivity contribution < 1.29 is 135 Å². The Kier molecular flexibility index (Phi) is 32.9. The highest BCUT2D eigenvalue weighted by Gasteiger charge is 2.52. The van der Waals surface area contributed by atoms with Gasteiger partial charge < -0.3 is 117 Å². The number of amides is 5. The molecule has 6 aromatic carbocycles. The number of carboxylic acids is 1. The van der Waals surface area contributed by atoms with E-state index in [2.05, 4.69) is 32.9 Å². The Labute approximate surface area is 742 Å². The summed E-state index contributed by atoms with van der Waals surface area (Å²) in [7, 11) is -3.84. The lowest BCUT2D eigenvalue weighted by molar-refractivity contribution is -0.333. The van der Waals surface area contributed by atoms with Crippen molar-refractivity contribution in [2.75, 3.05) is 19.8 Å². The van der Waals surface area contributed by atoms with Gasteiger partial charge in [-0.1, -0.05) is 108 Å². The summed E-state index contributed by atoms with van der Waals surface area (Å²) in [6.45, 7) is 10.3. The van der Waals surface area contributed by atoms with E-state index in [4.69, 9.17) is 72.6 Å². The number of nitrogens with one attached hydrogen (secondary N) is 5. The van der Waals surface area contributed by atoms with E-state index in [1.54, 1.807) is 19.1 Å². The number of benzene rings is 6. The van der Waals surface area contributed by atoms with E-state index in [1.165, 1.54) is 44.2 Å². The number of Topliss-reactive ketones (excluding diaryl/α,β-unsaturated/α-hetero) is 2. The summed E-state index contributed by atoms with van der Waals surface area (Å²) in [4.78, 5) is 134. The Bertz CT molecular complexity index is 5140. The van der Waals surface area contributed by atoms with Crippen LogP contribution in [-0.4, -0.2) is 194 Å². The summed E-state index contributed by atoms with van der Waals surface area (Å²) in [6, 6.07) is 11.7. The number of rotatable bonds is 30. The number of unbranched alkanes of at least 4 members (excludes halogenated alkanes) is 7. The number of carbonyl (C=O) groups excluding carboxylic acids is 8. The first-order chi connectivity index (χ1) is 60.3. The van der Waals surface area contributed by atoms with Crippen molar-refractivity contribution in [3.05, 3.63) is 141 Å². The van der Waals surface area contributed by atoms with Crippen LogP contribution in [0.1, 0.15) is 202 Å². The predicted octanol–water partition coefficient (Wildman–Crippen LogP) is 8.00. The molecule has 13 rings (SSSR count). The van der Waals surface area contributed by atoms with Crippen molar-refractivity contribution in [3.8, 4) is 62.9 Å². The van der Waals surface area contributed by atoms with Crippen molar-refractivity contribution in [2.24, 2.45) is 29.2 Å². The summed E-state index contributed by atoms with van der Waals surface area (Å²) in [5.41, 5.74) is 8.36. The highest BCUT2D eigenvalue weighted by atomic mass is 35.5. The minimum absolute atomic E-state index is 0.0363. The zero-order valence-corrected chi connectivity index (χ0v) is 73.1. The number of aliphatic hydroxyl groups excluding tert-OH is 6. The van der Waals surface area contributed by atoms with E-state index < -0.39 is 265 Å². The number of phenols is 2. The first kappa shape index (κ1) is 97.5. The van der Waals surface area contributed by atoms with E-state index in [-0.39, 0.29) is 70.5 Å². The number of sulfonamides is 1. The molecule has 0 unspecified atom stereocenters. The van der Waals surface area contributed by atoms with Gasteiger partial charge in [0, 0.05) is 72.9 Å². The molecule has 38 heteroatoms. The average Bonchev–Trinajstić information content (AvgIpc) is 0.763. The molecular weight excluding hydrogens is 1720 g/mol. The molecule has 2 saturated heterocycles. The molecule has 35 nitrogen and oxygen atoms in total. The molecule has 7 heterocycles. The molecule has 0 aromatic heterocycles. The fourth-order valence-corrected chi connectivity index (χ4v) is 17.6. The maximum atomic E-state index is 16.5. The molecule has 0 spiro atoms. The number of ketones is 2. The second-order valence-corrected chi connectivity index (χ2v) is 35.9. The molecule has 688 valence electrons. The fourth-order valence-electron chi connectivity index (χ4n) is 16.1. The van der Waals surface area contributed by atoms with Gasteiger partial charge in [-0.2, -0.15) is 0 Å². The third kappa shape index (κ3) is 23.9. The topological polar surface area (TPSA) is 556 Å². The lowest BCUT2D eigenvalue weighted by Crippen LogP contribution is -2.64. The molecule has 0 radical (unpaired) electrons. The standard InChI is InChI=1S/C89H109Cl2N7O28S/c1-7-9-10-16-29-119-51-21-23-53(24-22-51)127(117,118)94-28-15-13-11-12-14-17-69(105)121-52-38-56-71(60(101)39-52)55-31-46(18-25-59(55)100)54-40-62(103)72-49-35-65(122-63-26-19-47(32-57(63)90)76(106)74(97-83(111)45(8-2)30-43(3)4)61(102)34-50(37-68(92)104)84(112)95-72)80(126-88-81(79(109)78(108)67(42-99)124-88)125-70-41-89(6,93)82(110)44(5)120-70)66(36-49)123-64-27-20-48(33-58(64)91)77(107)75(98-85(54)113)86(114)96-73(56)87(115)116/h18-27,31-33,35-36,38-39,43-45,50,54,67,70,72-79,81-82,88,94,99-101,106-110H,7-17,28-30,34,37,40-42,93H2,1-6H3,(H2,92,104)(H,95,112)(H,96,114)(H,97,111)(H,98,113)(H,115,116)/t44-,45+,50-,54+,67+,70-,72+,73-,74-,75-,76+,77+,78+,79-,81+,82+,88-,89-/m0/s1. The van der Waals surface area contributed by atoms with Crippen LogP contribution in [0.4, 0.5) is 0 Å². The second-order valence-electron chi connectivity index (χ2n) is 33.3. The molecule has 5 amide bonds. The number of carbonyl (C=O) groups is 9. The van der Waals surface area contributed by atoms with Crippen molar-refractivity contribution in [2.45, 2.75) is 246 Å². The predicted molar refractivity (Wildman–Crippen MR) is 456 cm³/mol. The fraction of sp³-hybridized carbons (Fsp3) is 0.494. The largest absolute Gasteiger partial charge is 0.507 e. The van der Waals surface area contributed by atoms with Crippen LogP contribution >= 0.6 is 23.2 Å². The van der Waals surface area contributed by atoms with Gasteiger partial charge in [0.05, 0.1) is 52.2 Å². The molecule has 0 aliphatic carbocycles. The SMILES string of the molecule is CCCCCCOc1ccc(S(=O)(=O)NCCCCCCCC(=O)Oc2cc(O)c3c(c2)[C@@H](C(=O)O)NC(=O)[C@H]2NC(=O)[C@H](CC(=O)[C@@H]4NC(=O)[C@H](CC(N)=O)CC(=O)[C@H](NC(=O)[C@H](CC)CC(C)C)[C@H](O)c5ccc(c(Cl)c5)Oc5cc4cc(c5O[C@@H]4O[C@H](CO)[C@@H](O)[C@H](O)[C@H]4O[C@H]4C[C@](C)(N)[C@H](O)[C@H](C)O4)Oc4ccc(cc4Cl)[C@H]2O)c2ccc(O)c-3c2)cc1. The highest BCUT2D eigenvalue weighted by molar-refractivity contribution is 7.89. The second kappa shape index (κ2) is 42.8. The average molecular weight is 1830 g/mol. The maximum absolute atomic E-state index is 16.5. The molecule has 7 aliphatic rings. The minimum Gasteiger partial charge on any atom is -0.507 e. The van der Waals surface area contributed by atoms with Crippen LogP contribution in [0.3, 0.4) is 0 Å². The summed E-state index contributed by atoms with van der Waals surface area (Å²) in [5, 5.41) is 115. The van der Waals surface area contributed by atoms with Crippen LogP contribution < -0.4 is 61.1 Å². The molecule has 0 saturated carbocycles. The van der Waals surface area contributed by atoms with Crippen LogP contribution in [0.15, 0.2) is 108 Å².